The number of nitrogens with one attached hydrogen (secondary N) is 1. The van der Waals surface area contributed by atoms with Crippen molar-refractivity contribution in [2.24, 2.45) is 0 Å². The van der Waals surface area contributed by atoms with Gasteiger partial charge in [-0.25, -0.2) is 0 Å². The Kier molecular flexibility index (Phi) is 6.82. The number of nitrogens with zero attached hydrogens (tertiary/aromatic N) is 3. The number of carbonyl (C=O) groups excluding carboxylic acids is 1. The fourth-order valence-corrected chi connectivity index (χ4v) is 3.85. The summed E-state index contributed by atoms with van der Waals surface area (Å²) in [4.78, 5) is 12.1. The smallest absolute Gasteiger partial charge is 0.230 e. The van der Waals surface area contributed by atoms with Gasteiger partial charge in [0.25, 0.3) is 0 Å². The highest BCUT2D eigenvalue weighted by Crippen LogP contribution is 2.24. The van der Waals surface area contributed by atoms with Gasteiger partial charge in [0, 0.05) is 23.1 Å². The van der Waals surface area contributed by atoms with Crippen LogP contribution in [0, 0.1) is 0 Å². The van der Waals surface area contributed by atoms with Gasteiger partial charge in [0.05, 0.1) is 12.0 Å². The second kappa shape index (κ2) is 9.30. The van der Waals surface area contributed by atoms with Gasteiger partial charge in [0.15, 0.2) is 16.7 Å². The summed E-state index contributed by atoms with van der Waals surface area (Å²) in [6, 6.07) is 8.99. The molecule has 0 fully saturated rings. The number of hydrogen-bond donors (Lipinski definition) is 1. The number of rotatable bonds is 8. The Morgan fingerprint density at radius 1 is 1.30 bits per heavy atom. The molecule has 0 bridgehead atoms. The maximum atomic E-state index is 12.1. The van der Waals surface area contributed by atoms with Crippen molar-refractivity contribution in [3.05, 3.63) is 52.2 Å². The Hall–Kier alpha value is -1.96. The minimum Gasteiger partial charge on any atom is -0.461 e. The predicted molar refractivity (Wildman–Crippen MR) is 107 cm³/mol. The molecule has 6 nitrogen and oxygen atoms in total. The lowest BCUT2D eigenvalue weighted by molar-refractivity contribution is -0.118. The maximum absolute atomic E-state index is 12.1. The summed E-state index contributed by atoms with van der Waals surface area (Å²) in [7, 11) is 0. The zero-order valence-corrected chi connectivity index (χ0v) is 16.9. The molecule has 0 spiro atoms. The molecule has 3 aromatic rings. The van der Waals surface area contributed by atoms with E-state index in [1.54, 1.807) is 24.5 Å². The lowest BCUT2D eigenvalue weighted by atomic mass is 10.1. The Balaban J connectivity index is 1.51. The minimum atomic E-state index is -0.0738. The molecule has 0 saturated carbocycles. The van der Waals surface area contributed by atoms with Crippen molar-refractivity contribution in [3.63, 3.8) is 0 Å². The first-order valence-corrected chi connectivity index (χ1v) is 10.1. The summed E-state index contributed by atoms with van der Waals surface area (Å²) in [5.41, 5.74) is 0.947. The van der Waals surface area contributed by atoms with Crippen molar-refractivity contribution in [2.45, 2.75) is 25.0 Å². The molecule has 142 valence electrons. The summed E-state index contributed by atoms with van der Waals surface area (Å²) in [5, 5.41) is 13.1. The van der Waals surface area contributed by atoms with Crippen LogP contribution in [0.15, 0.2) is 46.2 Å². The van der Waals surface area contributed by atoms with Crippen LogP contribution in [0.2, 0.25) is 10.0 Å². The summed E-state index contributed by atoms with van der Waals surface area (Å²) < 4.78 is 7.30. The SMILES string of the molecule is CCn1c(SCC(=O)NCCc2ccc(Cl)cc2Cl)nnc1-c1ccco1. The second-order valence-electron chi connectivity index (χ2n) is 5.65. The van der Waals surface area contributed by atoms with Gasteiger partial charge in [0.1, 0.15) is 0 Å². The van der Waals surface area contributed by atoms with Crippen LogP contribution in [-0.4, -0.2) is 33.0 Å². The summed E-state index contributed by atoms with van der Waals surface area (Å²) in [6.45, 7) is 3.18. The number of benzene rings is 1. The van der Waals surface area contributed by atoms with Gasteiger partial charge in [-0.15, -0.1) is 10.2 Å². The highest BCUT2D eigenvalue weighted by atomic mass is 35.5. The molecule has 2 heterocycles. The van der Waals surface area contributed by atoms with Crippen molar-refractivity contribution in [1.29, 1.82) is 0 Å². The van der Waals surface area contributed by atoms with E-state index >= 15 is 0 Å². The van der Waals surface area contributed by atoms with Crippen molar-refractivity contribution in [2.75, 3.05) is 12.3 Å². The molecule has 1 aromatic carbocycles. The molecule has 0 radical (unpaired) electrons. The molecule has 0 aliphatic rings. The molecule has 1 N–H and O–H groups in total. The topological polar surface area (TPSA) is 73.0 Å². The first kappa shape index (κ1) is 19.8. The number of amides is 1. The van der Waals surface area contributed by atoms with Gasteiger partial charge in [0.2, 0.25) is 5.91 Å². The van der Waals surface area contributed by atoms with Gasteiger partial charge in [-0.2, -0.15) is 0 Å². The molecular weight excluding hydrogens is 407 g/mol. The monoisotopic (exact) mass is 424 g/mol. The molecule has 27 heavy (non-hydrogen) atoms. The highest BCUT2D eigenvalue weighted by molar-refractivity contribution is 7.99. The molecule has 0 atom stereocenters. The van der Waals surface area contributed by atoms with Gasteiger partial charge >= 0.3 is 0 Å². The Labute approximate surface area is 171 Å². The van der Waals surface area contributed by atoms with Gasteiger partial charge < -0.3 is 9.73 Å². The van der Waals surface area contributed by atoms with Crippen LogP contribution in [0.3, 0.4) is 0 Å². The van der Waals surface area contributed by atoms with Gasteiger partial charge in [-0.3, -0.25) is 9.36 Å². The molecule has 0 saturated heterocycles. The van der Waals surface area contributed by atoms with E-state index in [-0.39, 0.29) is 11.7 Å². The van der Waals surface area contributed by atoms with Crippen LogP contribution in [0.1, 0.15) is 12.5 Å². The Bertz CT molecular complexity index is 912. The Morgan fingerprint density at radius 3 is 2.85 bits per heavy atom. The number of aromatic nitrogens is 3. The van der Waals surface area contributed by atoms with Crippen molar-refractivity contribution >= 4 is 40.9 Å². The third kappa shape index (κ3) is 5.06. The zero-order valence-electron chi connectivity index (χ0n) is 14.6. The van der Waals surface area contributed by atoms with E-state index in [1.807, 2.05) is 23.6 Å². The molecule has 0 aliphatic heterocycles. The fraction of sp³-hybridized carbons (Fsp3) is 0.278. The van der Waals surface area contributed by atoms with E-state index < -0.39 is 0 Å². The predicted octanol–water partition coefficient (Wildman–Crippen LogP) is 4.32. The Morgan fingerprint density at radius 2 is 2.15 bits per heavy atom. The van der Waals surface area contributed by atoms with Crippen LogP contribution in [0.5, 0.6) is 0 Å². The van der Waals surface area contributed by atoms with Crippen molar-refractivity contribution in [3.8, 4) is 11.6 Å². The fourth-order valence-electron chi connectivity index (χ4n) is 2.51. The molecule has 2 aromatic heterocycles. The number of furan rings is 1. The third-order valence-electron chi connectivity index (χ3n) is 3.84. The third-order valence-corrected chi connectivity index (χ3v) is 5.39. The zero-order chi connectivity index (χ0) is 19.2. The average Bonchev–Trinajstić information content (AvgIpc) is 3.30. The van der Waals surface area contributed by atoms with E-state index in [4.69, 9.17) is 27.6 Å². The largest absolute Gasteiger partial charge is 0.461 e. The molecule has 9 heteroatoms. The second-order valence-corrected chi connectivity index (χ2v) is 7.44. The molecule has 1 amide bonds. The van der Waals surface area contributed by atoms with Gasteiger partial charge in [-0.05, 0) is 43.2 Å². The quantitative estimate of drug-likeness (QED) is 0.545. The highest BCUT2D eigenvalue weighted by Gasteiger charge is 2.16. The van der Waals surface area contributed by atoms with E-state index in [9.17, 15) is 4.79 Å². The molecular formula is C18H18Cl2N4O2S. The number of hydrogen-bond acceptors (Lipinski definition) is 5. The van der Waals surface area contributed by atoms with Crippen LogP contribution in [-0.2, 0) is 17.8 Å². The van der Waals surface area contributed by atoms with Gasteiger partial charge in [-0.1, -0.05) is 41.0 Å². The van der Waals surface area contributed by atoms with Crippen molar-refractivity contribution in [1.82, 2.24) is 20.1 Å². The van der Waals surface area contributed by atoms with Crippen LogP contribution < -0.4 is 5.32 Å². The van der Waals surface area contributed by atoms with E-state index in [2.05, 4.69) is 15.5 Å². The number of thioether (sulfide) groups is 1. The van der Waals surface area contributed by atoms with Crippen LogP contribution >= 0.6 is 35.0 Å². The standard InChI is InChI=1S/C18H18Cl2N4O2S/c1-2-24-17(15-4-3-9-26-15)22-23-18(24)27-11-16(25)21-8-7-12-5-6-13(19)10-14(12)20/h3-6,9-10H,2,7-8,11H2,1H3,(H,21,25). The average molecular weight is 425 g/mol. The molecule has 0 aliphatic carbocycles. The normalized spacial score (nSPS) is 10.9. The summed E-state index contributed by atoms with van der Waals surface area (Å²) >= 11 is 13.4. The first-order valence-electron chi connectivity index (χ1n) is 8.39. The number of carbonyl (C=O) groups is 1. The first-order chi connectivity index (χ1) is 13.1. The molecule has 3 rings (SSSR count). The van der Waals surface area contributed by atoms with Crippen molar-refractivity contribution < 1.29 is 9.21 Å². The lowest BCUT2D eigenvalue weighted by Gasteiger charge is -2.08. The van der Waals surface area contributed by atoms with E-state index in [0.29, 0.717) is 46.3 Å². The summed E-state index contributed by atoms with van der Waals surface area (Å²) in [6.07, 6.45) is 2.23. The van der Waals surface area contributed by atoms with Crippen LogP contribution in [0.25, 0.3) is 11.6 Å². The van der Waals surface area contributed by atoms with E-state index in [0.717, 1.165) is 5.56 Å². The number of halogens is 2. The molecule has 0 unspecified atom stereocenters. The van der Waals surface area contributed by atoms with Crippen LogP contribution in [0.4, 0.5) is 0 Å². The van der Waals surface area contributed by atoms with E-state index in [1.165, 1.54) is 11.8 Å². The lowest BCUT2D eigenvalue weighted by Crippen LogP contribution is -2.27. The maximum Gasteiger partial charge on any atom is 0.230 e. The summed E-state index contributed by atoms with van der Waals surface area (Å²) in [5.74, 6) is 1.49. The minimum absolute atomic E-state index is 0.0738.